The van der Waals surface area contributed by atoms with E-state index in [4.69, 9.17) is 15.6 Å². The van der Waals surface area contributed by atoms with Crippen molar-refractivity contribution >= 4 is 11.9 Å². The number of carboxylic acids is 1. The van der Waals surface area contributed by atoms with Crippen LogP contribution in [-0.4, -0.2) is 30.1 Å². The Kier molecular flexibility index (Phi) is 9.82. The van der Waals surface area contributed by atoms with Gasteiger partial charge in [0.05, 0.1) is 0 Å². The SMILES string of the molecule is CC(C)[C@@H](OC(=O)C(N)CCC(=O)O)c1ccccc1.CN. The molecule has 0 bridgehead atoms. The van der Waals surface area contributed by atoms with Gasteiger partial charge in [-0.25, -0.2) is 0 Å². The van der Waals surface area contributed by atoms with E-state index < -0.39 is 18.0 Å². The first-order chi connectivity index (χ1) is 10.4. The highest BCUT2D eigenvalue weighted by molar-refractivity contribution is 5.77. The van der Waals surface area contributed by atoms with E-state index >= 15 is 0 Å². The molecule has 1 aromatic rings. The van der Waals surface area contributed by atoms with E-state index in [0.717, 1.165) is 5.56 Å². The summed E-state index contributed by atoms with van der Waals surface area (Å²) in [7, 11) is 1.50. The van der Waals surface area contributed by atoms with Gasteiger partial charge in [-0.2, -0.15) is 0 Å². The minimum absolute atomic E-state index is 0.0772. The quantitative estimate of drug-likeness (QED) is 0.660. The topological polar surface area (TPSA) is 116 Å². The van der Waals surface area contributed by atoms with Gasteiger partial charge in [-0.3, -0.25) is 9.59 Å². The molecule has 22 heavy (non-hydrogen) atoms. The number of ether oxygens (including phenoxy) is 1. The van der Waals surface area contributed by atoms with E-state index in [1.54, 1.807) is 0 Å². The summed E-state index contributed by atoms with van der Waals surface area (Å²) in [5.74, 6) is -1.43. The second-order valence-electron chi connectivity index (χ2n) is 5.05. The van der Waals surface area contributed by atoms with Crippen LogP contribution in [0.4, 0.5) is 0 Å². The number of benzene rings is 1. The maximum absolute atomic E-state index is 11.9. The second-order valence-corrected chi connectivity index (χ2v) is 5.05. The molecule has 0 radical (unpaired) electrons. The van der Waals surface area contributed by atoms with Gasteiger partial charge >= 0.3 is 11.9 Å². The zero-order chi connectivity index (χ0) is 17.1. The summed E-state index contributed by atoms with van der Waals surface area (Å²) < 4.78 is 5.44. The van der Waals surface area contributed by atoms with E-state index in [1.807, 2.05) is 44.2 Å². The first kappa shape index (κ1) is 20.1. The highest BCUT2D eigenvalue weighted by atomic mass is 16.5. The van der Waals surface area contributed by atoms with E-state index in [2.05, 4.69) is 5.73 Å². The second kappa shape index (κ2) is 10.8. The van der Waals surface area contributed by atoms with E-state index in [1.165, 1.54) is 7.05 Å². The fourth-order valence-corrected chi connectivity index (χ4v) is 1.84. The van der Waals surface area contributed by atoms with Crippen LogP contribution in [0.1, 0.15) is 38.4 Å². The van der Waals surface area contributed by atoms with Crippen LogP contribution in [0.3, 0.4) is 0 Å². The maximum atomic E-state index is 11.9. The first-order valence-electron chi connectivity index (χ1n) is 7.22. The van der Waals surface area contributed by atoms with Crippen molar-refractivity contribution in [3.63, 3.8) is 0 Å². The molecule has 0 saturated heterocycles. The first-order valence-corrected chi connectivity index (χ1v) is 7.22. The third-order valence-electron chi connectivity index (χ3n) is 2.95. The molecule has 0 heterocycles. The van der Waals surface area contributed by atoms with Crippen molar-refractivity contribution in [2.24, 2.45) is 17.4 Å². The maximum Gasteiger partial charge on any atom is 0.323 e. The normalized spacial score (nSPS) is 12.8. The highest BCUT2D eigenvalue weighted by Crippen LogP contribution is 2.26. The monoisotopic (exact) mass is 310 g/mol. The molecule has 0 amide bonds. The van der Waals surface area contributed by atoms with Crippen molar-refractivity contribution in [3.8, 4) is 0 Å². The van der Waals surface area contributed by atoms with Crippen LogP contribution >= 0.6 is 0 Å². The Morgan fingerprint density at radius 1 is 1.18 bits per heavy atom. The lowest BCUT2D eigenvalue weighted by Crippen LogP contribution is -2.34. The largest absolute Gasteiger partial charge is 0.481 e. The van der Waals surface area contributed by atoms with Crippen LogP contribution < -0.4 is 11.5 Å². The van der Waals surface area contributed by atoms with Crippen LogP contribution in [-0.2, 0) is 14.3 Å². The summed E-state index contributed by atoms with van der Waals surface area (Å²) in [5.41, 5.74) is 11.1. The Morgan fingerprint density at radius 2 is 1.73 bits per heavy atom. The molecule has 2 atom stereocenters. The summed E-state index contributed by atoms with van der Waals surface area (Å²) in [6.07, 6.45) is -0.443. The van der Waals surface area contributed by atoms with Crippen LogP contribution in [0, 0.1) is 5.92 Å². The van der Waals surface area contributed by atoms with Crippen molar-refractivity contribution in [3.05, 3.63) is 35.9 Å². The van der Waals surface area contributed by atoms with Gasteiger partial charge in [0, 0.05) is 6.42 Å². The fourth-order valence-electron chi connectivity index (χ4n) is 1.84. The zero-order valence-electron chi connectivity index (χ0n) is 13.4. The molecule has 0 aliphatic rings. The zero-order valence-corrected chi connectivity index (χ0v) is 13.4. The Balaban J connectivity index is 0.00000211. The summed E-state index contributed by atoms with van der Waals surface area (Å²) in [6.45, 7) is 3.90. The van der Waals surface area contributed by atoms with Crippen molar-refractivity contribution in [2.45, 2.75) is 38.8 Å². The third-order valence-corrected chi connectivity index (χ3v) is 2.95. The van der Waals surface area contributed by atoms with Crippen molar-refractivity contribution in [1.82, 2.24) is 0 Å². The van der Waals surface area contributed by atoms with Gasteiger partial charge in [-0.1, -0.05) is 44.2 Å². The van der Waals surface area contributed by atoms with Gasteiger partial charge in [0.2, 0.25) is 0 Å². The molecule has 0 aliphatic heterocycles. The molecule has 0 spiro atoms. The Labute approximate surface area is 131 Å². The lowest BCUT2D eigenvalue weighted by molar-refractivity contribution is -0.153. The van der Waals surface area contributed by atoms with Crippen LogP contribution in [0.15, 0.2) is 30.3 Å². The van der Waals surface area contributed by atoms with Crippen molar-refractivity contribution < 1.29 is 19.4 Å². The predicted octanol–water partition coefficient (Wildman–Crippen LogP) is 1.69. The molecule has 0 saturated carbocycles. The Hall–Kier alpha value is -1.92. The highest BCUT2D eigenvalue weighted by Gasteiger charge is 2.24. The molecule has 6 nitrogen and oxygen atoms in total. The number of esters is 1. The number of rotatable bonds is 7. The third kappa shape index (κ3) is 7.19. The smallest absolute Gasteiger partial charge is 0.323 e. The predicted molar refractivity (Wildman–Crippen MR) is 85.1 cm³/mol. The number of carbonyl (C=O) groups excluding carboxylic acids is 1. The lowest BCUT2D eigenvalue weighted by atomic mass is 9.99. The Bertz CT molecular complexity index is 449. The lowest BCUT2D eigenvalue weighted by Gasteiger charge is -2.23. The van der Waals surface area contributed by atoms with Gasteiger partial charge in [0.25, 0.3) is 0 Å². The minimum atomic E-state index is -0.975. The number of hydrogen-bond donors (Lipinski definition) is 3. The number of hydrogen-bond acceptors (Lipinski definition) is 5. The van der Waals surface area contributed by atoms with Gasteiger partial charge in [-0.05, 0) is 24.9 Å². The van der Waals surface area contributed by atoms with E-state index in [-0.39, 0.29) is 24.9 Å². The fraction of sp³-hybridized carbons (Fsp3) is 0.500. The number of carbonyl (C=O) groups is 2. The van der Waals surface area contributed by atoms with Crippen molar-refractivity contribution in [1.29, 1.82) is 0 Å². The van der Waals surface area contributed by atoms with Gasteiger partial charge in [0.15, 0.2) is 0 Å². The molecule has 1 aromatic carbocycles. The minimum Gasteiger partial charge on any atom is -0.481 e. The Morgan fingerprint density at radius 3 is 2.18 bits per heavy atom. The van der Waals surface area contributed by atoms with E-state index in [0.29, 0.717) is 0 Å². The van der Waals surface area contributed by atoms with Crippen LogP contribution in [0.2, 0.25) is 0 Å². The summed E-state index contributed by atoms with van der Waals surface area (Å²) in [5, 5.41) is 8.58. The van der Waals surface area contributed by atoms with Crippen LogP contribution in [0.5, 0.6) is 0 Å². The van der Waals surface area contributed by atoms with Gasteiger partial charge in [0.1, 0.15) is 12.1 Å². The molecule has 0 aromatic heterocycles. The summed E-state index contributed by atoms with van der Waals surface area (Å²) in [4.78, 5) is 22.4. The van der Waals surface area contributed by atoms with Crippen molar-refractivity contribution in [2.75, 3.05) is 7.05 Å². The molecule has 124 valence electrons. The molecule has 5 N–H and O–H groups in total. The van der Waals surface area contributed by atoms with Crippen LogP contribution in [0.25, 0.3) is 0 Å². The number of carboxylic acid groups (broad SMARTS) is 1. The standard InChI is InChI=1S/C15H21NO4.CH5N/c1-10(2)14(11-6-4-3-5-7-11)20-15(19)12(16)8-9-13(17)18;1-2/h3-7,10,12,14H,8-9,16H2,1-2H3,(H,17,18);2H2,1H3/t12?,14-;/m1./s1. The molecular weight excluding hydrogens is 284 g/mol. The summed E-state index contributed by atoms with van der Waals surface area (Å²) in [6, 6.07) is 8.52. The molecule has 0 fully saturated rings. The molecule has 6 heteroatoms. The van der Waals surface area contributed by atoms with Gasteiger partial charge < -0.3 is 21.3 Å². The molecular formula is C16H26N2O4. The van der Waals surface area contributed by atoms with Gasteiger partial charge in [-0.15, -0.1) is 0 Å². The average Bonchev–Trinajstić information content (AvgIpc) is 2.52. The number of nitrogens with two attached hydrogens (primary N) is 2. The summed E-state index contributed by atoms with van der Waals surface area (Å²) >= 11 is 0. The molecule has 1 unspecified atom stereocenters. The van der Waals surface area contributed by atoms with E-state index in [9.17, 15) is 9.59 Å². The molecule has 1 rings (SSSR count). The molecule has 0 aliphatic carbocycles. The number of aliphatic carboxylic acids is 1. The average molecular weight is 310 g/mol.